The lowest BCUT2D eigenvalue weighted by Gasteiger charge is -2.34. The number of rotatable bonds is 11. The van der Waals surface area contributed by atoms with E-state index in [-0.39, 0.29) is 17.9 Å². The van der Waals surface area contributed by atoms with Crippen molar-refractivity contribution in [2.45, 2.75) is 44.4 Å². The van der Waals surface area contributed by atoms with Crippen LogP contribution in [0.3, 0.4) is 0 Å². The largest absolute Gasteiger partial charge is 0.383 e. The minimum atomic E-state index is -4.28. The summed E-state index contributed by atoms with van der Waals surface area (Å²) in [6.45, 7) is 0.206. The first kappa shape index (κ1) is 28.0. The van der Waals surface area contributed by atoms with E-state index in [0.717, 1.165) is 11.6 Å². The second-order valence-electron chi connectivity index (χ2n) is 9.01. The molecular weight excluding hydrogens is 528 g/mol. The molecule has 206 valence electrons. The molecule has 0 unspecified atom stereocenters. The molecule has 14 heteroatoms. The number of hydrogen-bond acceptors (Lipinski definition) is 6. The van der Waals surface area contributed by atoms with Crippen molar-refractivity contribution < 1.29 is 31.4 Å². The van der Waals surface area contributed by atoms with Gasteiger partial charge in [-0.25, -0.2) is 27.2 Å². The van der Waals surface area contributed by atoms with Crippen LogP contribution in [0.4, 0.5) is 26.3 Å². The fraction of sp³-hybridized carbons (Fsp3) is 0.320. The van der Waals surface area contributed by atoms with Gasteiger partial charge in [0, 0.05) is 17.2 Å². The molecule has 0 aliphatic rings. The molecule has 4 aromatic rings. The van der Waals surface area contributed by atoms with Gasteiger partial charge in [-0.1, -0.05) is 49.4 Å². The van der Waals surface area contributed by atoms with Crippen LogP contribution in [0.15, 0.2) is 61.2 Å². The Morgan fingerprint density at radius 3 is 2.44 bits per heavy atom. The third-order valence-electron chi connectivity index (χ3n) is 6.18. The maximum atomic E-state index is 14.7. The van der Waals surface area contributed by atoms with Crippen molar-refractivity contribution >= 4 is 6.08 Å². The van der Waals surface area contributed by atoms with E-state index in [1.165, 1.54) is 23.4 Å². The summed E-state index contributed by atoms with van der Waals surface area (Å²) in [5, 5.41) is 26.3. The van der Waals surface area contributed by atoms with Gasteiger partial charge in [0.2, 0.25) is 5.82 Å². The Hall–Kier alpha value is -4.07. The SMILES string of the molecule is C[C@@H](C/C=C/c1ccc(-c2nnn(CC(F)(F)C(F)F)n2)cc1)[C@](O)(Cn1cncn1)c1ccc(F)cc1F. The molecule has 2 aromatic heterocycles. The molecule has 0 fully saturated rings. The highest BCUT2D eigenvalue weighted by atomic mass is 19.3. The molecule has 0 spiro atoms. The molecule has 2 heterocycles. The van der Waals surface area contributed by atoms with Gasteiger partial charge in [-0.2, -0.15) is 18.7 Å². The number of aromatic nitrogens is 7. The van der Waals surface area contributed by atoms with Crippen LogP contribution in [0.1, 0.15) is 24.5 Å². The zero-order valence-corrected chi connectivity index (χ0v) is 20.5. The predicted molar refractivity (Wildman–Crippen MR) is 127 cm³/mol. The molecule has 2 aromatic carbocycles. The minimum Gasteiger partial charge on any atom is -0.383 e. The Bertz CT molecular complexity index is 1410. The van der Waals surface area contributed by atoms with Gasteiger partial charge in [0.05, 0.1) is 6.54 Å². The van der Waals surface area contributed by atoms with Crippen molar-refractivity contribution in [1.29, 1.82) is 0 Å². The van der Waals surface area contributed by atoms with E-state index in [9.17, 15) is 31.4 Å². The summed E-state index contributed by atoms with van der Waals surface area (Å²) < 4.78 is 80.8. The zero-order chi connectivity index (χ0) is 28.2. The minimum absolute atomic E-state index is 0.0104. The van der Waals surface area contributed by atoms with Crippen LogP contribution in [-0.2, 0) is 18.7 Å². The summed E-state index contributed by atoms with van der Waals surface area (Å²) in [7, 11) is 0. The molecule has 0 saturated carbocycles. The molecule has 39 heavy (non-hydrogen) atoms. The maximum Gasteiger partial charge on any atom is 0.328 e. The van der Waals surface area contributed by atoms with Gasteiger partial charge in [0.25, 0.3) is 0 Å². The topological polar surface area (TPSA) is 94.5 Å². The molecule has 0 aliphatic heterocycles. The van der Waals surface area contributed by atoms with E-state index in [1.54, 1.807) is 43.3 Å². The van der Waals surface area contributed by atoms with Gasteiger partial charge in [-0.15, -0.1) is 10.2 Å². The van der Waals surface area contributed by atoms with E-state index in [1.807, 2.05) is 0 Å². The van der Waals surface area contributed by atoms with Crippen LogP contribution in [0, 0.1) is 17.6 Å². The Labute approximate surface area is 218 Å². The van der Waals surface area contributed by atoms with Crippen LogP contribution in [0.5, 0.6) is 0 Å². The number of nitrogens with zero attached hydrogens (tertiary/aromatic N) is 7. The summed E-state index contributed by atoms with van der Waals surface area (Å²) in [6.07, 6.45) is 2.64. The van der Waals surface area contributed by atoms with Crippen LogP contribution < -0.4 is 0 Å². The summed E-state index contributed by atoms with van der Waals surface area (Å²) in [5.74, 6) is -6.48. The van der Waals surface area contributed by atoms with Gasteiger partial charge in [-0.3, -0.25) is 0 Å². The number of hydrogen-bond donors (Lipinski definition) is 1. The van der Waals surface area contributed by atoms with E-state index in [4.69, 9.17) is 0 Å². The van der Waals surface area contributed by atoms with Crippen molar-refractivity contribution in [2.24, 2.45) is 5.92 Å². The van der Waals surface area contributed by atoms with Crippen LogP contribution >= 0.6 is 0 Å². The monoisotopic (exact) mass is 551 g/mol. The molecule has 8 nitrogen and oxygen atoms in total. The van der Waals surface area contributed by atoms with Gasteiger partial charge in [-0.05, 0) is 29.2 Å². The third kappa shape index (κ3) is 6.50. The highest BCUT2D eigenvalue weighted by Gasteiger charge is 2.42. The van der Waals surface area contributed by atoms with Crippen molar-refractivity contribution in [1.82, 2.24) is 35.0 Å². The highest BCUT2D eigenvalue weighted by molar-refractivity contribution is 5.59. The van der Waals surface area contributed by atoms with E-state index >= 15 is 0 Å². The molecule has 0 amide bonds. The van der Waals surface area contributed by atoms with Crippen molar-refractivity contribution in [3.8, 4) is 11.4 Å². The first-order chi connectivity index (χ1) is 18.5. The number of halogens is 6. The molecule has 0 saturated heterocycles. The fourth-order valence-electron chi connectivity index (χ4n) is 3.94. The number of benzene rings is 2. The van der Waals surface area contributed by atoms with Crippen LogP contribution in [0.2, 0.25) is 0 Å². The normalized spacial score (nSPS) is 14.7. The summed E-state index contributed by atoms with van der Waals surface area (Å²) in [5.41, 5.74) is -0.647. The van der Waals surface area contributed by atoms with Gasteiger partial charge in [0.15, 0.2) is 0 Å². The summed E-state index contributed by atoms with van der Waals surface area (Å²) in [4.78, 5) is 4.26. The van der Waals surface area contributed by atoms with Crippen molar-refractivity contribution in [3.63, 3.8) is 0 Å². The van der Waals surface area contributed by atoms with E-state index in [0.29, 0.717) is 22.8 Å². The first-order valence-corrected chi connectivity index (χ1v) is 11.7. The van der Waals surface area contributed by atoms with Crippen LogP contribution in [0.25, 0.3) is 17.5 Å². The van der Waals surface area contributed by atoms with Gasteiger partial charge >= 0.3 is 12.3 Å². The molecular formula is C25H23F6N7O. The fourth-order valence-corrected chi connectivity index (χ4v) is 3.94. The van der Waals surface area contributed by atoms with Gasteiger partial charge < -0.3 is 5.11 Å². The molecule has 0 bridgehead atoms. The Morgan fingerprint density at radius 2 is 1.79 bits per heavy atom. The highest BCUT2D eigenvalue weighted by Crippen LogP contribution is 2.36. The zero-order valence-electron chi connectivity index (χ0n) is 20.5. The van der Waals surface area contributed by atoms with Crippen LogP contribution in [-0.4, -0.2) is 52.4 Å². The van der Waals surface area contributed by atoms with Crippen molar-refractivity contribution in [2.75, 3.05) is 0 Å². The predicted octanol–water partition coefficient (Wildman–Crippen LogP) is 4.74. The maximum absolute atomic E-state index is 14.7. The molecule has 0 radical (unpaired) electrons. The summed E-state index contributed by atoms with van der Waals surface area (Å²) in [6, 6.07) is 9.57. The first-order valence-electron chi connectivity index (χ1n) is 11.7. The van der Waals surface area contributed by atoms with Crippen molar-refractivity contribution in [3.05, 3.63) is 84.0 Å². The van der Waals surface area contributed by atoms with Gasteiger partial charge in [0.1, 0.15) is 36.4 Å². The number of alkyl halides is 4. The average Bonchev–Trinajstić information content (AvgIpc) is 3.56. The second-order valence-corrected chi connectivity index (χ2v) is 9.01. The number of aliphatic hydroxyl groups is 1. The lowest BCUT2D eigenvalue weighted by Crippen LogP contribution is -2.39. The lowest BCUT2D eigenvalue weighted by molar-refractivity contribution is -0.141. The third-order valence-corrected chi connectivity index (χ3v) is 6.18. The molecule has 4 rings (SSSR count). The van der Waals surface area contributed by atoms with E-state index in [2.05, 4.69) is 25.5 Å². The standard InChI is InChI=1S/C25H23F6N7O/c1-16(24(39,12-37-15-32-14-33-37)20-10-9-19(26)11-21(20)27)3-2-4-17-5-7-18(8-6-17)22-34-36-38(35-22)13-25(30,31)23(28)29/h2,4-11,14-16,23,39H,3,12-13H2,1H3/b4-2+/t16-,24+/m0/s1. The smallest absolute Gasteiger partial charge is 0.328 e. The Balaban J connectivity index is 1.45. The quantitative estimate of drug-likeness (QED) is 0.271. The second kappa shape index (κ2) is 11.4. The summed E-state index contributed by atoms with van der Waals surface area (Å²) >= 11 is 0. The number of tetrazole rings is 1. The Kier molecular flexibility index (Phi) is 8.14. The lowest BCUT2D eigenvalue weighted by atomic mass is 9.80. The average molecular weight is 551 g/mol. The molecule has 0 aliphatic carbocycles. The number of allylic oxidation sites excluding steroid dienone is 1. The molecule has 2 atom stereocenters. The van der Waals surface area contributed by atoms with E-state index < -0.39 is 42.0 Å². The Morgan fingerprint density at radius 1 is 1.05 bits per heavy atom. The molecule has 1 N–H and O–H groups in total.